The molecule has 0 unspecified atom stereocenters. The fraction of sp³-hybridized carbons (Fsp3) is 0.417. The number of hydrogen-bond donors (Lipinski definition) is 3. The SMILES string of the molecule is Cc1cc(C(=O)N2CCN(C)CC2)ncc1-c1ccc(C[C@H](N)C(=O)N(C(=O)C2CCC(CN)CC2)c2ccc(-c3nn[nH]n3)cc2)cc1. The molecule has 2 aliphatic rings. The number of benzene rings is 2. The number of carbonyl (C=O) groups is 3. The number of nitrogens with zero attached hydrogens (tertiary/aromatic N) is 7. The van der Waals surface area contributed by atoms with Crippen LogP contribution in [-0.4, -0.2) is 98.9 Å². The summed E-state index contributed by atoms with van der Waals surface area (Å²) in [6, 6.07) is 15.7. The Morgan fingerprint density at radius 1 is 0.959 bits per heavy atom. The number of nitrogens with two attached hydrogens (primary N) is 2. The van der Waals surface area contributed by atoms with Gasteiger partial charge in [0.15, 0.2) is 0 Å². The molecule has 49 heavy (non-hydrogen) atoms. The van der Waals surface area contributed by atoms with Gasteiger partial charge in [0.2, 0.25) is 11.7 Å². The minimum Gasteiger partial charge on any atom is -0.335 e. The molecule has 0 bridgehead atoms. The van der Waals surface area contributed by atoms with E-state index in [1.54, 1.807) is 30.5 Å². The second-order valence-electron chi connectivity index (χ2n) is 13.2. The number of rotatable bonds is 9. The maximum absolute atomic E-state index is 14.0. The van der Waals surface area contributed by atoms with E-state index < -0.39 is 11.9 Å². The zero-order valence-electron chi connectivity index (χ0n) is 28.1. The van der Waals surface area contributed by atoms with Crippen molar-refractivity contribution in [2.24, 2.45) is 23.3 Å². The molecule has 5 N–H and O–H groups in total. The van der Waals surface area contributed by atoms with Crippen molar-refractivity contribution in [3.63, 3.8) is 0 Å². The number of aromatic nitrogens is 5. The monoisotopic (exact) mass is 664 g/mol. The van der Waals surface area contributed by atoms with Crippen LogP contribution in [0.4, 0.5) is 5.69 Å². The summed E-state index contributed by atoms with van der Waals surface area (Å²) in [5, 5.41) is 14.1. The third-order valence-electron chi connectivity index (χ3n) is 9.86. The van der Waals surface area contributed by atoms with E-state index in [-0.39, 0.29) is 24.2 Å². The number of likely N-dealkylation sites (N-methyl/N-ethyl adjacent to an activating group) is 1. The summed E-state index contributed by atoms with van der Waals surface area (Å²) in [5.41, 5.74) is 17.7. The summed E-state index contributed by atoms with van der Waals surface area (Å²) in [7, 11) is 2.06. The summed E-state index contributed by atoms with van der Waals surface area (Å²) >= 11 is 0. The first-order valence-electron chi connectivity index (χ1n) is 16.9. The Bertz CT molecular complexity index is 1740. The molecule has 1 atom stereocenters. The molecule has 256 valence electrons. The first-order valence-corrected chi connectivity index (χ1v) is 16.9. The molecule has 2 aromatic heterocycles. The molecule has 1 saturated heterocycles. The molecule has 0 radical (unpaired) electrons. The number of anilines is 1. The number of amides is 3. The lowest BCUT2D eigenvalue weighted by molar-refractivity contribution is -0.130. The molecule has 4 aromatic rings. The average Bonchev–Trinajstić information content (AvgIpc) is 3.68. The summed E-state index contributed by atoms with van der Waals surface area (Å²) in [4.78, 5) is 50.8. The minimum atomic E-state index is -0.949. The quantitative estimate of drug-likeness (QED) is 0.241. The molecule has 13 nitrogen and oxygen atoms in total. The van der Waals surface area contributed by atoms with E-state index in [1.807, 2.05) is 42.2 Å². The van der Waals surface area contributed by atoms with Crippen molar-refractivity contribution in [3.8, 4) is 22.5 Å². The zero-order chi connectivity index (χ0) is 34.5. The molecule has 3 amide bonds. The van der Waals surface area contributed by atoms with Crippen molar-refractivity contribution in [3.05, 3.63) is 77.6 Å². The predicted octanol–water partition coefficient (Wildman–Crippen LogP) is 2.82. The summed E-state index contributed by atoms with van der Waals surface area (Å²) in [6.07, 6.45) is 5.07. The van der Waals surface area contributed by atoms with Crippen LogP contribution >= 0.6 is 0 Å². The van der Waals surface area contributed by atoms with Crippen LogP contribution < -0.4 is 16.4 Å². The zero-order valence-corrected chi connectivity index (χ0v) is 28.1. The number of nitrogens with one attached hydrogen (secondary N) is 1. The van der Waals surface area contributed by atoms with E-state index in [0.29, 0.717) is 61.2 Å². The largest absolute Gasteiger partial charge is 0.335 e. The Morgan fingerprint density at radius 2 is 1.63 bits per heavy atom. The lowest BCUT2D eigenvalue weighted by atomic mass is 9.81. The molecule has 3 heterocycles. The molecular weight excluding hydrogens is 620 g/mol. The number of imide groups is 1. The molecule has 0 spiro atoms. The molecule has 6 rings (SSSR count). The third-order valence-corrected chi connectivity index (χ3v) is 9.86. The maximum atomic E-state index is 14.0. The summed E-state index contributed by atoms with van der Waals surface area (Å²) < 4.78 is 0. The minimum absolute atomic E-state index is 0.0459. The van der Waals surface area contributed by atoms with E-state index in [0.717, 1.165) is 48.2 Å². The number of piperazine rings is 1. The fourth-order valence-corrected chi connectivity index (χ4v) is 6.71. The molecule has 1 aliphatic carbocycles. The lowest BCUT2D eigenvalue weighted by Crippen LogP contribution is -2.50. The highest BCUT2D eigenvalue weighted by Crippen LogP contribution is 2.32. The Labute approximate surface area is 286 Å². The van der Waals surface area contributed by atoms with Crippen molar-refractivity contribution < 1.29 is 14.4 Å². The molecule has 1 saturated carbocycles. The Hall–Kier alpha value is -4.85. The van der Waals surface area contributed by atoms with Gasteiger partial charge in [-0.3, -0.25) is 19.4 Å². The van der Waals surface area contributed by atoms with Crippen molar-refractivity contribution in [2.75, 3.05) is 44.7 Å². The van der Waals surface area contributed by atoms with E-state index >= 15 is 0 Å². The van der Waals surface area contributed by atoms with Gasteiger partial charge in [-0.2, -0.15) is 5.21 Å². The van der Waals surface area contributed by atoms with Crippen LogP contribution in [-0.2, 0) is 16.0 Å². The number of H-pyrrole nitrogens is 1. The summed E-state index contributed by atoms with van der Waals surface area (Å²) in [5.74, 6) is -0.212. The van der Waals surface area contributed by atoms with Gasteiger partial charge in [0.1, 0.15) is 5.69 Å². The maximum Gasteiger partial charge on any atom is 0.272 e. The molecular formula is C36H44N10O3. The van der Waals surface area contributed by atoms with E-state index in [9.17, 15) is 14.4 Å². The van der Waals surface area contributed by atoms with Gasteiger partial charge in [0.25, 0.3) is 11.8 Å². The van der Waals surface area contributed by atoms with Gasteiger partial charge in [-0.05, 0) is 111 Å². The second-order valence-corrected chi connectivity index (χ2v) is 13.2. The topological polar surface area (TPSA) is 180 Å². The van der Waals surface area contributed by atoms with Gasteiger partial charge in [0.05, 0.1) is 11.7 Å². The number of pyridine rings is 1. The highest BCUT2D eigenvalue weighted by Gasteiger charge is 2.35. The van der Waals surface area contributed by atoms with Gasteiger partial charge < -0.3 is 21.3 Å². The van der Waals surface area contributed by atoms with Crippen LogP contribution in [0.3, 0.4) is 0 Å². The number of aryl methyl sites for hydroxylation is 1. The Kier molecular flexibility index (Phi) is 10.5. The number of tetrazole rings is 1. The van der Waals surface area contributed by atoms with Gasteiger partial charge >= 0.3 is 0 Å². The number of carbonyl (C=O) groups excluding carboxylic acids is 3. The van der Waals surface area contributed by atoms with Gasteiger partial charge in [-0.1, -0.05) is 24.3 Å². The standard InChI is InChI=1S/C36H44N10O3/c1-23-19-32(36(49)45-17-15-44(2)16-18-45)39-22-30(23)26-7-3-24(4-8-26)20-31(38)35(48)46(34(47)28-9-5-25(21-37)6-10-28)29-13-11-27(12-14-29)33-40-42-43-41-33/h3-4,7-8,11-14,19,22,25,28,31H,5-6,9-10,15-18,20-21,37-38H2,1-2H3,(H,40,41,42,43)/t25?,28?,31-/m0/s1. The molecule has 2 aromatic carbocycles. The smallest absolute Gasteiger partial charge is 0.272 e. The van der Waals surface area contributed by atoms with Crippen molar-refractivity contribution >= 4 is 23.4 Å². The van der Waals surface area contributed by atoms with Crippen LogP contribution in [0.5, 0.6) is 0 Å². The highest BCUT2D eigenvalue weighted by atomic mass is 16.2. The van der Waals surface area contributed by atoms with Crippen molar-refractivity contribution in [2.45, 2.75) is 45.1 Å². The first kappa shape index (κ1) is 34.0. The van der Waals surface area contributed by atoms with Crippen LogP contribution in [0, 0.1) is 18.8 Å². The molecule has 13 heteroatoms. The molecule has 1 aliphatic heterocycles. The van der Waals surface area contributed by atoms with Crippen LogP contribution in [0.1, 0.15) is 47.3 Å². The third kappa shape index (κ3) is 7.74. The van der Waals surface area contributed by atoms with Gasteiger partial charge in [-0.15, -0.1) is 10.2 Å². The lowest BCUT2D eigenvalue weighted by Gasteiger charge is -2.32. The fourth-order valence-electron chi connectivity index (χ4n) is 6.71. The predicted molar refractivity (Wildman–Crippen MR) is 186 cm³/mol. The van der Waals surface area contributed by atoms with Crippen LogP contribution in [0.15, 0.2) is 60.8 Å². The Balaban J connectivity index is 1.16. The van der Waals surface area contributed by atoms with Crippen molar-refractivity contribution in [1.29, 1.82) is 0 Å². The van der Waals surface area contributed by atoms with Crippen LogP contribution in [0.25, 0.3) is 22.5 Å². The van der Waals surface area contributed by atoms with Crippen LogP contribution in [0.2, 0.25) is 0 Å². The van der Waals surface area contributed by atoms with E-state index in [1.165, 1.54) is 4.90 Å². The Morgan fingerprint density at radius 3 is 2.24 bits per heavy atom. The highest BCUT2D eigenvalue weighted by molar-refractivity contribution is 6.17. The van der Waals surface area contributed by atoms with Gasteiger partial charge in [-0.25, -0.2) is 4.90 Å². The summed E-state index contributed by atoms with van der Waals surface area (Å²) in [6.45, 7) is 5.67. The average molecular weight is 665 g/mol. The second kappa shape index (κ2) is 15.1. The number of aromatic amines is 1. The first-order chi connectivity index (χ1) is 23.7. The number of hydrogen-bond acceptors (Lipinski definition) is 10. The van der Waals surface area contributed by atoms with E-state index in [2.05, 4.69) is 37.6 Å². The van der Waals surface area contributed by atoms with Gasteiger partial charge in [0, 0.05) is 49.4 Å². The van der Waals surface area contributed by atoms with E-state index in [4.69, 9.17) is 11.5 Å². The normalized spacial score (nSPS) is 19.0. The van der Waals surface area contributed by atoms with Crippen molar-refractivity contribution in [1.82, 2.24) is 35.4 Å². The molecule has 2 fully saturated rings.